The van der Waals surface area contributed by atoms with E-state index in [0.29, 0.717) is 12.1 Å². The molecule has 2 heterocycles. The van der Waals surface area contributed by atoms with Crippen LogP contribution in [-0.4, -0.2) is 16.1 Å². The number of fused-ring (bicyclic) bond motifs is 1. The molecule has 4 nitrogen and oxygen atoms in total. The first-order valence-electron chi connectivity index (χ1n) is 6.16. The molecule has 0 unspecified atom stereocenters. The largest absolute Gasteiger partial charge is 0.478 e. The first-order valence-corrected chi connectivity index (χ1v) is 6.16. The molecule has 0 saturated carbocycles. The number of carbonyl (C=O) groups is 1. The monoisotopic (exact) mass is 254 g/mol. The SMILES string of the molecule is Cc1ccc(N2Cc3ccc(C(=O)O)cc3C2)nc1. The summed E-state index contributed by atoms with van der Waals surface area (Å²) in [4.78, 5) is 17.5. The Hall–Kier alpha value is -2.36. The third-order valence-electron chi connectivity index (χ3n) is 3.40. The second-order valence-electron chi connectivity index (χ2n) is 4.84. The Morgan fingerprint density at radius 1 is 1.21 bits per heavy atom. The maximum absolute atomic E-state index is 11.0. The van der Waals surface area contributed by atoms with Crippen molar-refractivity contribution in [3.63, 3.8) is 0 Å². The van der Waals surface area contributed by atoms with Crippen LogP contribution in [0.4, 0.5) is 5.82 Å². The summed E-state index contributed by atoms with van der Waals surface area (Å²) in [5.74, 6) is 0.0494. The minimum Gasteiger partial charge on any atom is -0.478 e. The van der Waals surface area contributed by atoms with Crippen LogP contribution >= 0.6 is 0 Å². The third kappa shape index (κ3) is 2.17. The average molecular weight is 254 g/mol. The maximum atomic E-state index is 11.0. The molecule has 0 amide bonds. The van der Waals surface area contributed by atoms with E-state index in [-0.39, 0.29) is 0 Å². The fourth-order valence-corrected chi connectivity index (χ4v) is 2.34. The third-order valence-corrected chi connectivity index (χ3v) is 3.40. The zero-order valence-corrected chi connectivity index (χ0v) is 10.6. The minimum atomic E-state index is -0.880. The van der Waals surface area contributed by atoms with Crippen molar-refractivity contribution in [1.82, 2.24) is 4.98 Å². The quantitative estimate of drug-likeness (QED) is 0.895. The van der Waals surface area contributed by atoms with Gasteiger partial charge in [-0.3, -0.25) is 0 Å². The number of hydrogen-bond donors (Lipinski definition) is 1. The number of hydrogen-bond acceptors (Lipinski definition) is 3. The van der Waals surface area contributed by atoms with Crippen LogP contribution in [0, 0.1) is 6.92 Å². The molecule has 2 aromatic rings. The van der Waals surface area contributed by atoms with Gasteiger partial charge in [-0.25, -0.2) is 9.78 Å². The summed E-state index contributed by atoms with van der Waals surface area (Å²) in [5.41, 5.74) is 3.72. The van der Waals surface area contributed by atoms with Gasteiger partial charge in [-0.05, 0) is 41.8 Å². The van der Waals surface area contributed by atoms with Crippen molar-refractivity contribution in [3.05, 3.63) is 58.8 Å². The fraction of sp³-hybridized carbons (Fsp3) is 0.200. The van der Waals surface area contributed by atoms with Crippen molar-refractivity contribution in [3.8, 4) is 0 Å². The highest BCUT2D eigenvalue weighted by Gasteiger charge is 2.21. The summed E-state index contributed by atoms with van der Waals surface area (Å²) in [5, 5.41) is 9.00. The van der Waals surface area contributed by atoms with Gasteiger partial charge in [-0.15, -0.1) is 0 Å². The van der Waals surface area contributed by atoms with Gasteiger partial charge in [0.25, 0.3) is 0 Å². The second kappa shape index (κ2) is 4.39. The molecule has 1 aromatic carbocycles. The zero-order chi connectivity index (χ0) is 13.4. The molecule has 19 heavy (non-hydrogen) atoms. The lowest BCUT2D eigenvalue weighted by molar-refractivity contribution is 0.0697. The molecular weight excluding hydrogens is 240 g/mol. The van der Waals surface area contributed by atoms with E-state index in [1.54, 1.807) is 12.1 Å². The molecule has 4 heteroatoms. The molecule has 1 N–H and O–H groups in total. The van der Waals surface area contributed by atoms with Gasteiger partial charge in [0.1, 0.15) is 5.82 Å². The van der Waals surface area contributed by atoms with Gasteiger partial charge in [0.05, 0.1) is 5.56 Å². The molecule has 0 bridgehead atoms. The predicted octanol–water partition coefficient (Wildman–Crippen LogP) is 2.61. The van der Waals surface area contributed by atoms with E-state index in [0.717, 1.165) is 23.5 Å². The molecule has 96 valence electrons. The van der Waals surface area contributed by atoms with Crippen LogP contribution in [0.3, 0.4) is 0 Å². The number of aryl methyl sites for hydroxylation is 1. The van der Waals surface area contributed by atoms with E-state index in [1.165, 1.54) is 5.56 Å². The Bertz CT molecular complexity index is 635. The smallest absolute Gasteiger partial charge is 0.335 e. The number of aromatic nitrogens is 1. The number of carboxylic acids is 1. The molecule has 0 saturated heterocycles. The van der Waals surface area contributed by atoms with Crippen molar-refractivity contribution in [2.24, 2.45) is 0 Å². The van der Waals surface area contributed by atoms with E-state index in [1.807, 2.05) is 31.3 Å². The number of aromatic carboxylic acids is 1. The molecule has 0 spiro atoms. The summed E-state index contributed by atoms with van der Waals surface area (Å²) in [7, 11) is 0. The highest BCUT2D eigenvalue weighted by atomic mass is 16.4. The number of nitrogens with zero attached hydrogens (tertiary/aromatic N) is 2. The number of carboxylic acid groups (broad SMARTS) is 1. The Kier molecular flexibility index (Phi) is 2.71. The van der Waals surface area contributed by atoms with Gasteiger partial charge in [-0.1, -0.05) is 12.1 Å². The minimum absolute atomic E-state index is 0.345. The van der Waals surface area contributed by atoms with Crippen LogP contribution in [0.1, 0.15) is 27.0 Å². The molecule has 0 atom stereocenters. The molecular formula is C15H14N2O2. The van der Waals surface area contributed by atoms with Crippen LogP contribution < -0.4 is 4.90 Å². The zero-order valence-electron chi connectivity index (χ0n) is 10.6. The number of anilines is 1. The lowest BCUT2D eigenvalue weighted by atomic mass is 10.1. The molecule has 0 fully saturated rings. The van der Waals surface area contributed by atoms with Gasteiger partial charge in [-0.2, -0.15) is 0 Å². The van der Waals surface area contributed by atoms with Gasteiger partial charge in [0.2, 0.25) is 0 Å². The summed E-state index contributed by atoms with van der Waals surface area (Å²) in [6, 6.07) is 9.35. The maximum Gasteiger partial charge on any atom is 0.335 e. The number of benzene rings is 1. The Morgan fingerprint density at radius 2 is 2.00 bits per heavy atom. The van der Waals surface area contributed by atoms with Gasteiger partial charge < -0.3 is 10.0 Å². The fourth-order valence-electron chi connectivity index (χ4n) is 2.34. The first kappa shape index (κ1) is 11.7. The second-order valence-corrected chi connectivity index (χ2v) is 4.84. The van der Waals surface area contributed by atoms with Crippen LogP contribution in [0.25, 0.3) is 0 Å². The normalized spacial score (nSPS) is 13.4. The van der Waals surface area contributed by atoms with Gasteiger partial charge in [0.15, 0.2) is 0 Å². The van der Waals surface area contributed by atoms with E-state index in [2.05, 4.69) is 9.88 Å². The van der Waals surface area contributed by atoms with Crippen molar-refractivity contribution in [2.45, 2.75) is 20.0 Å². The van der Waals surface area contributed by atoms with E-state index in [4.69, 9.17) is 5.11 Å². The van der Waals surface area contributed by atoms with Crippen LogP contribution in [0.15, 0.2) is 36.5 Å². The lowest BCUT2D eigenvalue weighted by Gasteiger charge is -2.16. The predicted molar refractivity (Wildman–Crippen MR) is 72.3 cm³/mol. The summed E-state index contributed by atoms with van der Waals surface area (Å²) in [6.07, 6.45) is 1.85. The van der Waals surface area contributed by atoms with Crippen molar-refractivity contribution >= 4 is 11.8 Å². The number of pyridine rings is 1. The standard InChI is InChI=1S/C15H14N2O2/c1-10-2-5-14(16-7-10)17-8-12-4-3-11(15(18)19)6-13(12)9-17/h2-7H,8-9H2,1H3,(H,18,19). The Balaban J connectivity index is 1.87. The number of rotatable bonds is 2. The lowest BCUT2D eigenvalue weighted by Crippen LogP contribution is -2.15. The van der Waals surface area contributed by atoms with Crippen LogP contribution in [0.2, 0.25) is 0 Å². The van der Waals surface area contributed by atoms with Gasteiger partial charge in [0, 0.05) is 19.3 Å². The van der Waals surface area contributed by atoms with E-state index >= 15 is 0 Å². The highest BCUT2D eigenvalue weighted by Crippen LogP contribution is 2.27. The van der Waals surface area contributed by atoms with Crippen LogP contribution in [0.5, 0.6) is 0 Å². The van der Waals surface area contributed by atoms with Crippen molar-refractivity contribution < 1.29 is 9.90 Å². The van der Waals surface area contributed by atoms with Crippen molar-refractivity contribution in [2.75, 3.05) is 4.90 Å². The molecule has 3 rings (SSSR count). The summed E-state index contributed by atoms with van der Waals surface area (Å²) in [6.45, 7) is 3.51. The Morgan fingerprint density at radius 3 is 2.68 bits per heavy atom. The van der Waals surface area contributed by atoms with Crippen LogP contribution in [-0.2, 0) is 13.1 Å². The van der Waals surface area contributed by atoms with E-state index in [9.17, 15) is 4.79 Å². The van der Waals surface area contributed by atoms with Crippen molar-refractivity contribution in [1.29, 1.82) is 0 Å². The topological polar surface area (TPSA) is 53.4 Å². The van der Waals surface area contributed by atoms with Gasteiger partial charge >= 0.3 is 5.97 Å². The first-order chi connectivity index (χ1) is 9.13. The molecule has 1 aromatic heterocycles. The molecule has 0 aliphatic carbocycles. The molecule has 1 aliphatic rings. The summed E-state index contributed by atoms with van der Waals surface area (Å²) >= 11 is 0. The molecule has 0 radical (unpaired) electrons. The summed E-state index contributed by atoms with van der Waals surface area (Å²) < 4.78 is 0. The average Bonchev–Trinajstić information content (AvgIpc) is 2.82. The Labute approximate surface area is 111 Å². The molecule has 1 aliphatic heterocycles. The van der Waals surface area contributed by atoms with E-state index < -0.39 is 5.97 Å². The highest BCUT2D eigenvalue weighted by molar-refractivity contribution is 5.88.